The third-order valence-electron chi connectivity index (χ3n) is 2.95. The van der Waals surface area contributed by atoms with Gasteiger partial charge in [-0.3, -0.25) is 4.98 Å². The first kappa shape index (κ1) is 15.4. The summed E-state index contributed by atoms with van der Waals surface area (Å²) in [4.78, 5) is 8.05. The lowest BCUT2D eigenvalue weighted by Gasteiger charge is -2.04. The Hall–Kier alpha value is -2.45. The Morgan fingerprint density at radius 3 is 2.65 bits per heavy atom. The van der Waals surface area contributed by atoms with Crippen LogP contribution in [0.5, 0.6) is 0 Å². The van der Waals surface area contributed by atoms with Gasteiger partial charge in [0, 0.05) is 17.4 Å². The molecule has 1 aromatic carbocycles. The minimum Gasteiger partial charge on any atom is -0.264 e. The van der Waals surface area contributed by atoms with Gasteiger partial charge in [-0.1, -0.05) is 17.7 Å². The zero-order chi connectivity index (χ0) is 16.3. The van der Waals surface area contributed by atoms with E-state index in [0.717, 1.165) is 5.56 Å². The number of aromatic nitrogens is 4. The van der Waals surface area contributed by atoms with Crippen molar-refractivity contribution in [3.63, 3.8) is 0 Å². The number of pyridine rings is 1. The highest BCUT2D eigenvalue weighted by atomic mass is 35.5. The second kappa shape index (κ2) is 6.35. The van der Waals surface area contributed by atoms with E-state index in [1.165, 1.54) is 35.3 Å². The first-order valence-corrected chi connectivity index (χ1v) is 8.46. The molecule has 0 amide bonds. The van der Waals surface area contributed by atoms with Crippen molar-refractivity contribution in [1.29, 1.82) is 0 Å². The van der Waals surface area contributed by atoms with Gasteiger partial charge in [0.05, 0.1) is 11.4 Å². The summed E-state index contributed by atoms with van der Waals surface area (Å²) in [6, 6.07) is 9.55. The second-order valence-electron chi connectivity index (χ2n) is 4.69. The molecule has 7 nitrogen and oxygen atoms in total. The van der Waals surface area contributed by atoms with Gasteiger partial charge in [-0.25, -0.2) is 17.8 Å². The SMILES string of the molecule is O=S(=O)(Nc1ncn(Cc2cccnc2)n1)c1ccc(Cl)cc1. The van der Waals surface area contributed by atoms with Crippen LogP contribution in [0.1, 0.15) is 5.56 Å². The lowest BCUT2D eigenvalue weighted by Crippen LogP contribution is -2.14. The molecule has 0 spiro atoms. The third-order valence-corrected chi connectivity index (χ3v) is 4.55. The molecule has 0 bridgehead atoms. The maximum atomic E-state index is 12.2. The number of anilines is 1. The molecular weight excluding hydrogens is 338 g/mol. The van der Waals surface area contributed by atoms with E-state index in [1.54, 1.807) is 12.4 Å². The number of nitrogens with zero attached hydrogens (tertiary/aromatic N) is 4. The molecule has 0 aliphatic carbocycles. The minimum absolute atomic E-state index is 0.00356. The van der Waals surface area contributed by atoms with Gasteiger partial charge in [0.15, 0.2) is 0 Å². The molecular formula is C14H12ClN5O2S. The molecule has 0 saturated carbocycles. The second-order valence-corrected chi connectivity index (χ2v) is 6.81. The van der Waals surface area contributed by atoms with Crippen LogP contribution < -0.4 is 4.72 Å². The fraction of sp³-hybridized carbons (Fsp3) is 0.0714. The number of nitrogens with one attached hydrogen (secondary N) is 1. The quantitative estimate of drug-likeness (QED) is 0.762. The van der Waals surface area contributed by atoms with Gasteiger partial charge in [-0.15, -0.1) is 5.10 Å². The highest BCUT2D eigenvalue weighted by Gasteiger charge is 2.16. The molecule has 0 fully saturated rings. The lowest BCUT2D eigenvalue weighted by atomic mass is 10.3. The van der Waals surface area contributed by atoms with Crippen molar-refractivity contribution in [1.82, 2.24) is 19.7 Å². The molecule has 2 aromatic heterocycles. The predicted octanol–water partition coefficient (Wildman–Crippen LogP) is 2.18. The van der Waals surface area contributed by atoms with Gasteiger partial charge in [-0.2, -0.15) is 4.98 Å². The zero-order valence-corrected chi connectivity index (χ0v) is 13.4. The molecule has 0 unspecified atom stereocenters. The number of hydrogen-bond donors (Lipinski definition) is 1. The van der Waals surface area contributed by atoms with E-state index in [9.17, 15) is 8.42 Å². The van der Waals surface area contributed by atoms with Crippen LogP contribution in [-0.4, -0.2) is 28.2 Å². The Morgan fingerprint density at radius 2 is 1.96 bits per heavy atom. The number of hydrogen-bond acceptors (Lipinski definition) is 5. The number of benzene rings is 1. The normalized spacial score (nSPS) is 11.3. The average molecular weight is 350 g/mol. The van der Waals surface area contributed by atoms with Crippen molar-refractivity contribution >= 4 is 27.6 Å². The maximum absolute atomic E-state index is 12.2. The predicted molar refractivity (Wildman–Crippen MR) is 85.6 cm³/mol. The Balaban J connectivity index is 1.74. The molecule has 118 valence electrons. The maximum Gasteiger partial charge on any atom is 0.264 e. The van der Waals surface area contributed by atoms with Crippen LogP contribution in [0.2, 0.25) is 5.02 Å². The van der Waals surface area contributed by atoms with Crippen LogP contribution in [-0.2, 0) is 16.6 Å². The van der Waals surface area contributed by atoms with Gasteiger partial charge in [0.1, 0.15) is 6.33 Å². The van der Waals surface area contributed by atoms with Crippen LogP contribution in [0, 0.1) is 0 Å². The topological polar surface area (TPSA) is 89.8 Å². The smallest absolute Gasteiger partial charge is 0.264 e. The summed E-state index contributed by atoms with van der Waals surface area (Å²) in [6.45, 7) is 0.448. The molecule has 3 rings (SSSR count). The van der Waals surface area contributed by atoms with Crippen molar-refractivity contribution in [2.24, 2.45) is 0 Å². The Kier molecular flexibility index (Phi) is 4.26. The van der Waals surface area contributed by atoms with E-state index in [0.29, 0.717) is 11.6 Å². The summed E-state index contributed by atoms with van der Waals surface area (Å²) >= 11 is 5.75. The lowest BCUT2D eigenvalue weighted by molar-refractivity contribution is 0.600. The van der Waals surface area contributed by atoms with E-state index in [4.69, 9.17) is 11.6 Å². The standard InChI is InChI=1S/C14H12ClN5O2S/c15-12-3-5-13(6-4-12)23(21,22)19-14-17-10-20(18-14)9-11-2-1-7-16-8-11/h1-8,10H,9H2,(H,18,19). The van der Waals surface area contributed by atoms with Crippen LogP contribution in [0.4, 0.5) is 5.95 Å². The highest BCUT2D eigenvalue weighted by Crippen LogP contribution is 2.16. The summed E-state index contributed by atoms with van der Waals surface area (Å²) < 4.78 is 28.3. The van der Waals surface area contributed by atoms with E-state index in [2.05, 4.69) is 19.8 Å². The van der Waals surface area contributed by atoms with E-state index >= 15 is 0 Å². The number of sulfonamides is 1. The first-order chi connectivity index (χ1) is 11.0. The molecule has 3 aromatic rings. The summed E-state index contributed by atoms with van der Waals surface area (Å²) in [5.74, 6) is 0.00356. The van der Waals surface area contributed by atoms with Crippen LogP contribution in [0.15, 0.2) is 60.0 Å². The summed E-state index contributed by atoms with van der Waals surface area (Å²) in [6.07, 6.45) is 4.84. The van der Waals surface area contributed by atoms with Gasteiger partial charge >= 0.3 is 0 Å². The Bertz CT molecular complexity index is 894. The van der Waals surface area contributed by atoms with Gasteiger partial charge in [0.2, 0.25) is 0 Å². The van der Waals surface area contributed by atoms with Crippen LogP contribution in [0.3, 0.4) is 0 Å². The van der Waals surface area contributed by atoms with E-state index in [1.807, 2.05) is 12.1 Å². The average Bonchev–Trinajstić information content (AvgIpc) is 2.95. The van der Waals surface area contributed by atoms with Gasteiger partial charge in [0.25, 0.3) is 16.0 Å². The Labute approximate surface area is 138 Å². The third kappa shape index (κ3) is 3.85. The molecule has 0 radical (unpaired) electrons. The van der Waals surface area contributed by atoms with Crippen molar-refractivity contribution < 1.29 is 8.42 Å². The van der Waals surface area contributed by atoms with E-state index < -0.39 is 10.0 Å². The zero-order valence-electron chi connectivity index (χ0n) is 11.8. The fourth-order valence-electron chi connectivity index (χ4n) is 1.89. The van der Waals surface area contributed by atoms with E-state index in [-0.39, 0.29) is 10.8 Å². The summed E-state index contributed by atoms with van der Waals surface area (Å²) in [7, 11) is -3.75. The van der Waals surface area contributed by atoms with Crippen molar-refractivity contribution in [2.45, 2.75) is 11.4 Å². The molecule has 0 saturated heterocycles. The van der Waals surface area contributed by atoms with Gasteiger partial charge in [-0.05, 0) is 35.9 Å². The molecule has 0 aliphatic heterocycles. The highest BCUT2D eigenvalue weighted by molar-refractivity contribution is 7.92. The molecule has 0 aliphatic rings. The largest absolute Gasteiger partial charge is 0.264 e. The minimum atomic E-state index is -3.75. The first-order valence-electron chi connectivity index (χ1n) is 6.60. The monoisotopic (exact) mass is 349 g/mol. The Morgan fingerprint density at radius 1 is 1.17 bits per heavy atom. The summed E-state index contributed by atoms with van der Waals surface area (Å²) in [5, 5.41) is 4.56. The molecule has 0 atom stereocenters. The van der Waals surface area contributed by atoms with Crippen LogP contribution in [0.25, 0.3) is 0 Å². The molecule has 23 heavy (non-hydrogen) atoms. The van der Waals surface area contributed by atoms with Crippen molar-refractivity contribution in [3.05, 3.63) is 65.7 Å². The molecule has 2 heterocycles. The van der Waals surface area contributed by atoms with Crippen LogP contribution >= 0.6 is 11.6 Å². The number of halogens is 1. The summed E-state index contributed by atoms with van der Waals surface area (Å²) in [5.41, 5.74) is 0.935. The van der Waals surface area contributed by atoms with Crippen molar-refractivity contribution in [3.8, 4) is 0 Å². The fourth-order valence-corrected chi connectivity index (χ4v) is 2.96. The number of rotatable bonds is 5. The molecule has 1 N–H and O–H groups in total. The van der Waals surface area contributed by atoms with Gasteiger partial charge < -0.3 is 0 Å². The molecule has 9 heteroatoms. The van der Waals surface area contributed by atoms with Crippen molar-refractivity contribution in [2.75, 3.05) is 4.72 Å².